The van der Waals surface area contributed by atoms with E-state index in [1.807, 2.05) is 37.6 Å². The molecule has 0 saturated carbocycles. The summed E-state index contributed by atoms with van der Waals surface area (Å²) in [5.74, 6) is 0. The predicted molar refractivity (Wildman–Crippen MR) is 96.7 cm³/mol. The first-order valence-electron chi connectivity index (χ1n) is 7.74. The molecule has 0 unspecified atom stereocenters. The van der Waals surface area contributed by atoms with E-state index >= 15 is 0 Å². The van der Waals surface area contributed by atoms with E-state index in [9.17, 15) is 14.9 Å². The number of nitrogens with zero attached hydrogens (tertiary/aromatic N) is 2. The summed E-state index contributed by atoms with van der Waals surface area (Å²) in [4.78, 5) is 21.8. The van der Waals surface area contributed by atoms with Gasteiger partial charge in [0.2, 0.25) is 0 Å². The second kappa shape index (κ2) is 7.55. The van der Waals surface area contributed by atoms with E-state index in [0.717, 1.165) is 28.9 Å². The number of allylic oxidation sites excluding steroid dienone is 2. The summed E-state index contributed by atoms with van der Waals surface area (Å²) in [6, 6.07) is 6.67. The Morgan fingerprint density at radius 2 is 1.92 bits per heavy atom. The molecule has 124 valence electrons. The fourth-order valence-electron chi connectivity index (χ4n) is 2.85. The number of carbonyl (C=O) groups is 1. The molecule has 0 aliphatic rings. The van der Waals surface area contributed by atoms with Crippen molar-refractivity contribution in [1.82, 2.24) is 4.57 Å². The van der Waals surface area contributed by atoms with Gasteiger partial charge in [-0.2, -0.15) is 0 Å². The van der Waals surface area contributed by atoms with Gasteiger partial charge in [0, 0.05) is 30.1 Å². The Kier molecular flexibility index (Phi) is 5.47. The number of benzene rings is 1. The maximum atomic E-state index is 11.4. The van der Waals surface area contributed by atoms with Gasteiger partial charge in [-0.25, -0.2) is 0 Å². The van der Waals surface area contributed by atoms with Gasteiger partial charge in [0.25, 0.3) is 5.69 Å². The van der Waals surface area contributed by atoms with Crippen molar-refractivity contribution >= 4 is 24.1 Å². The van der Waals surface area contributed by atoms with Crippen molar-refractivity contribution in [1.29, 1.82) is 0 Å². The van der Waals surface area contributed by atoms with Crippen LogP contribution in [0.4, 0.5) is 5.69 Å². The second-order valence-electron chi connectivity index (χ2n) is 5.41. The Morgan fingerprint density at radius 1 is 1.21 bits per heavy atom. The zero-order valence-corrected chi connectivity index (χ0v) is 14.0. The molecule has 1 aromatic heterocycles. The van der Waals surface area contributed by atoms with E-state index in [-0.39, 0.29) is 10.6 Å². The molecule has 24 heavy (non-hydrogen) atoms. The van der Waals surface area contributed by atoms with Crippen LogP contribution in [0.3, 0.4) is 0 Å². The monoisotopic (exact) mass is 324 g/mol. The predicted octanol–water partition coefficient (Wildman–Crippen LogP) is 4.54. The lowest BCUT2D eigenvalue weighted by molar-refractivity contribution is -0.384. The molecule has 0 spiro atoms. The number of hydrogen-bond donors (Lipinski definition) is 0. The normalized spacial score (nSPS) is 11.5. The summed E-state index contributed by atoms with van der Waals surface area (Å²) in [5.41, 5.74) is 4.07. The molecule has 1 heterocycles. The quantitative estimate of drug-likeness (QED) is 0.339. The fourth-order valence-corrected chi connectivity index (χ4v) is 2.85. The lowest BCUT2D eigenvalue weighted by atomic mass is 9.99. The number of aromatic nitrogens is 1. The molecular weight excluding hydrogens is 304 g/mol. The summed E-state index contributed by atoms with van der Waals surface area (Å²) in [6.45, 7) is 3.99. The molecule has 0 fully saturated rings. The average Bonchev–Trinajstić information content (AvgIpc) is 2.81. The molecule has 0 radical (unpaired) electrons. The van der Waals surface area contributed by atoms with Crippen molar-refractivity contribution in [3.8, 4) is 11.1 Å². The Bertz CT molecular complexity index is 829. The first kappa shape index (κ1) is 17.4. The molecule has 2 rings (SSSR count). The van der Waals surface area contributed by atoms with Crippen LogP contribution in [0.15, 0.2) is 36.4 Å². The molecule has 5 heteroatoms. The summed E-state index contributed by atoms with van der Waals surface area (Å²) in [5, 5.41) is 11.4. The van der Waals surface area contributed by atoms with Crippen LogP contribution in [-0.2, 0) is 11.8 Å². The summed E-state index contributed by atoms with van der Waals surface area (Å²) >= 11 is 0. The van der Waals surface area contributed by atoms with Crippen LogP contribution in [0.1, 0.15) is 30.3 Å². The molecule has 0 atom stereocenters. The van der Waals surface area contributed by atoms with Crippen LogP contribution >= 0.6 is 0 Å². The summed E-state index contributed by atoms with van der Waals surface area (Å²) in [7, 11) is 1.89. The van der Waals surface area contributed by atoms with Crippen molar-refractivity contribution in [2.24, 2.45) is 7.05 Å². The Balaban J connectivity index is 2.82. The van der Waals surface area contributed by atoms with Crippen LogP contribution in [-0.4, -0.2) is 15.8 Å². The molecular formula is C19H20N2O3. The van der Waals surface area contributed by atoms with E-state index < -0.39 is 0 Å². The zero-order valence-electron chi connectivity index (χ0n) is 14.0. The highest BCUT2D eigenvalue weighted by Crippen LogP contribution is 2.38. The molecule has 5 nitrogen and oxygen atoms in total. The van der Waals surface area contributed by atoms with Crippen LogP contribution in [0.25, 0.3) is 23.3 Å². The maximum Gasteiger partial charge on any atom is 0.277 e. The fraction of sp³-hybridized carbons (Fsp3) is 0.211. The number of rotatable bonds is 6. The molecule has 0 bridgehead atoms. The summed E-state index contributed by atoms with van der Waals surface area (Å²) in [6.07, 6.45) is 8.73. The van der Waals surface area contributed by atoms with Crippen molar-refractivity contribution in [2.45, 2.75) is 20.3 Å². The molecule has 0 aliphatic carbocycles. The highest BCUT2D eigenvalue weighted by atomic mass is 16.6. The number of aldehydes is 1. The van der Waals surface area contributed by atoms with Gasteiger partial charge in [-0.05, 0) is 43.2 Å². The van der Waals surface area contributed by atoms with E-state index in [1.165, 1.54) is 12.1 Å². The second-order valence-corrected chi connectivity index (χ2v) is 5.41. The van der Waals surface area contributed by atoms with Crippen LogP contribution in [0, 0.1) is 17.0 Å². The first-order chi connectivity index (χ1) is 11.5. The molecule has 0 amide bonds. The molecule has 0 saturated heterocycles. The lowest BCUT2D eigenvalue weighted by Crippen LogP contribution is -1.95. The smallest absolute Gasteiger partial charge is 0.277 e. The minimum Gasteiger partial charge on any atom is -0.344 e. The Labute approximate surface area is 141 Å². The number of hydrogen-bond acceptors (Lipinski definition) is 3. The van der Waals surface area contributed by atoms with Gasteiger partial charge in [0.15, 0.2) is 0 Å². The standard InChI is InChI=1S/C19H20N2O3/c1-4-5-10-16-14(2)19(18(20(16)3)12-8-13-22)15-9-6-7-11-17(15)21(23)24/h5-13H,4H2,1-3H3. The number of carbonyl (C=O) groups excluding carboxylic acids is 1. The van der Waals surface area contributed by atoms with Crippen molar-refractivity contribution in [3.63, 3.8) is 0 Å². The molecule has 2 aromatic rings. The third kappa shape index (κ3) is 3.20. The SMILES string of the molecule is CCC=Cc1c(C)c(-c2ccccc2[N+](=O)[O-])c(C=CC=O)n1C. The molecule has 1 aromatic carbocycles. The molecule has 0 aliphatic heterocycles. The first-order valence-corrected chi connectivity index (χ1v) is 7.74. The van der Waals surface area contributed by atoms with Gasteiger partial charge in [-0.3, -0.25) is 14.9 Å². The topological polar surface area (TPSA) is 65.1 Å². The van der Waals surface area contributed by atoms with Crippen LogP contribution in [0.2, 0.25) is 0 Å². The zero-order chi connectivity index (χ0) is 17.7. The Morgan fingerprint density at radius 3 is 2.54 bits per heavy atom. The van der Waals surface area contributed by atoms with Gasteiger partial charge in [-0.1, -0.05) is 25.1 Å². The lowest BCUT2D eigenvalue weighted by Gasteiger charge is -2.05. The van der Waals surface area contributed by atoms with E-state index in [1.54, 1.807) is 24.3 Å². The van der Waals surface area contributed by atoms with Crippen LogP contribution < -0.4 is 0 Å². The van der Waals surface area contributed by atoms with E-state index in [4.69, 9.17) is 0 Å². The average molecular weight is 324 g/mol. The van der Waals surface area contributed by atoms with Crippen molar-refractivity contribution in [3.05, 3.63) is 63.5 Å². The van der Waals surface area contributed by atoms with Gasteiger partial charge in [0.1, 0.15) is 6.29 Å². The van der Waals surface area contributed by atoms with Crippen LogP contribution in [0.5, 0.6) is 0 Å². The van der Waals surface area contributed by atoms with Gasteiger partial charge >= 0.3 is 0 Å². The minimum absolute atomic E-state index is 0.0537. The van der Waals surface area contributed by atoms with Gasteiger partial charge < -0.3 is 4.57 Å². The highest BCUT2D eigenvalue weighted by molar-refractivity contribution is 5.87. The highest BCUT2D eigenvalue weighted by Gasteiger charge is 2.22. The molecule has 0 N–H and O–H groups in total. The van der Waals surface area contributed by atoms with Gasteiger partial charge in [-0.15, -0.1) is 0 Å². The number of nitro groups is 1. The van der Waals surface area contributed by atoms with Crippen molar-refractivity contribution < 1.29 is 9.72 Å². The maximum absolute atomic E-state index is 11.4. The summed E-state index contributed by atoms with van der Waals surface area (Å²) < 4.78 is 1.95. The van der Waals surface area contributed by atoms with E-state index in [0.29, 0.717) is 11.8 Å². The Hall–Kier alpha value is -2.95. The van der Waals surface area contributed by atoms with Gasteiger partial charge in [0.05, 0.1) is 10.5 Å². The van der Waals surface area contributed by atoms with Crippen molar-refractivity contribution in [2.75, 3.05) is 0 Å². The number of nitro benzene ring substituents is 1. The third-order valence-corrected chi connectivity index (χ3v) is 3.95. The largest absolute Gasteiger partial charge is 0.344 e. The van der Waals surface area contributed by atoms with E-state index in [2.05, 4.69) is 0 Å². The number of para-hydroxylation sites is 1. The minimum atomic E-state index is -0.378. The third-order valence-electron chi connectivity index (χ3n) is 3.95.